The quantitative estimate of drug-likeness (QED) is 0.637. The molecule has 0 spiro atoms. The number of amides is 1. The van der Waals surface area contributed by atoms with Crippen molar-refractivity contribution in [1.29, 1.82) is 0 Å². The van der Waals surface area contributed by atoms with Gasteiger partial charge in [0.1, 0.15) is 11.6 Å². The van der Waals surface area contributed by atoms with E-state index < -0.39 is 0 Å². The molecular weight excluding hydrogens is 396 g/mol. The molecular formula is C23H32N4O4. The van der Waals surface area contributed by atoms with Crippen molar-refractivity contribution in [1.82, 2.24) is 14.9 Å². The summed E-state index contributed by atoms with van der Waals surface area (Å²) >= 11 is 0. The molecule has 2 aromatic rings. The van der Waals surface area contributed by atoms with Gasteiger partial charge >= 0.3 is 0 Å². The van der Waals surface area contributed by atoms with Crippen molar-refractivity contribution in [2.24, 2.45) is 0 Å². The summed E-state index contributed by atoms with van der Waals surface area (Å²) in [4.78, 5) is 34.8. The Labute approximate surface area is 183 Å². The van der Waals surface area contributed by atoms with Crippen LogP contribution in [0.3, 0.4) is 0 Å². The molecule has 0 radical (unpaired) electrons. The van der Waals surface area contributed by atoms with Crippen molar-refractivity contribution < 1.29 is 14.3 Å². The zero-order valence-corrected chi connectivity index (χ0v) is 18.6. The topological polar surface area (TPSA) is 96.5 Å². The van der Waals surface area contributed by atoms with Gasteiger partial charge in [0.25, 0.3) is 5.56 Å². The molecule has 1 aromatic heterocycles. The summed E-state index contributed by atoms with van der Waals surface area (Å²) in [6.07, 6.45) is 2.15. The van der Waals surface area contributed by atoms with Crippen molar-refractivity contribution in [3.63, 3.8) is 0 Å². The Balaban J connectivity index is 1.89. The summed E-state index contributed by atoms with van der Waals surface area (Å²) in [5, 5.41) is 2.95. The van der Waals surface area contributed by atoms with Crippen molar-refractivity contribution in [2.45, 2.75) is 40.0 Å². The van der Waals surface area contributed by atoms with Crippen LogP contribution >= 0.6 is 0 Å². The van der Waals surface area contributed by atoms with Crippen molar-refractivity contribution in [3.8, 4) is 17.1 Å². The Hall–Kier alpha value is -2.71. The molecule has 1 aromatic carbocycles. The lowest BCUT2D eigenvalue weighted by molar-refractivity contribution is -0.118. The van der Waals surface area contributed by atoms with E-state index in [1.807, 2.05) is 39.0 Å². The zero-order chi connectivity index (χ0) is 22.2. The van der Waals surface area contributed by atoms with E-state index in [0.29, 0.717) is 67.6 Å². The highest BCUT2D eigenvalue weighted by atomic mass is 16.5. The number of anilines is 1. The molecule has 1 amide bonds. The van der Waals surface area contributed by atoms with E-state index >= 15 is 0 Å². The third kappa shape index (κ3) is 5.92. The number of aryl methyl sites for hydroxylation is 1. The normalized spacial score (nSPS) is 14.4. The molecule has 1 aliphatic rings. The Kier molecular flexibility index (Phi) is 8.20. The number of aromatic nitrogens is 2. The smallest absolute Gasteiger partial charge is 0.254 e. The summed E-state index contributed by atoms with van der Waals surface area (Å²) in [7, 11) is 0. The van der Waals surface area contributed by atoms with Crippen LogP contribution in [-0.2, 0) is 22.4 Å². The van der Waals surface area contributed by atoms with E-state index in [1.165, 1.54) is 0 Å². The SMILES string of the molecule is CCCOc1ccc(NC(=O)CN2CCOCC2)cc1-c1nc(CC)c(CC)c(=O)[nH]1. The Morgan fingerprint density at radius 1 is 1.23 bits per heavy atom. The van der Waals surface area contributed by atoms with Gasteiger partial charge in [-0.1, -0.05) is 20.8 Å². The molecule has 8 nitrogen and oxygen atoms in total. The lowest BCUT2D eigenvalue weighted by Gasteiger charge is -2.25. The van der Waals surface area contributed by atoms with E-state index in [0.717, 1.165) is 25.2 Å². The highest BCUT2D eigenvalue weighted by molar-refractivity contribution is 5.93. The van der Waals surface area contributed by atoms with Crippen molar-refractivity contribution in [2.75, 3.05) is 44.8 Å². The second kappa shape index (κ2) is 11.1. The predicted molar refractivity (Wildman–Crippen MR) is 121 cm³/mol. The minimum absolute atomic E-state index is 0.0906. The Morgan fingerprint density at radius 3 is 2.68 bits per heavy atom. The van der Waals surface area contributed by atoms with Gasteiger partial charge in [0.2, 0.25) is 5.91 Å². The lowest BCUT2D eigenvalue weighted by atomic mass is 10.1. The van der Waals surface area contributed by atoms with E-state index in [2.05, 4.69) is 15.2 Å². The number of hydrogen-bond donors (Lipinski definition) is 2. The molecule has 3 rings (SSSR count). The number of carbonyl (C=O) groups excluding carboxylic acids is 1. The van der Waals surface area contributed by atoms with Crippen LogP contribution in [0, 0.1) is 0 Å². The van der Waals surface area contributed by atoms with E-state index in [4.69, 9.17) is 14.5 Å². The van der Waals surface area contributed by atoms with Crippen LogP contribution in [0.4, 0.5) is 5.69 Å². The first kappa shape index (κ1) is 23.0. The summed E-state index contributed by atoms with van der Waals surface area (Å²) in [5.41, 5.74) is 2.65. The van der Waals surface area contributed by atoms with E-state index in [-0.39, 0.29) is 11.5 Å². The van der Waals surface area contributed by atoms with E-state index in [1.54, 1.807) is 0 Å². The second-order valence-electron chi connectivity index (χ2n) is 7.54. The van der Waals surface area contributed by atoms with Gasteiger partial charge in [-0.2, -0.15) is 0 Å². The van der Waals surface area contributed by atoms with Crippen LogP contribution in [0.25, 0.3) is 11.4 Å². The number of carbonyl (C=O) groups is 1. The van der Waals surface area contributed by atoms with Gasteiger partial charge in [0, 0.05) is 24.3 Å². The summed E-state index contributed by atoms with van der Waals surface area (Å²) in [6.45, 7) is 9.62. The van der Waals surface area contributed by atoms with Crippen LogP contribution in [-0.4, -0.2) is 60.2 Å². The summed E-state index contributed by atoms with van der Waals surface area (Å²) < 4.78 is 11.2. The standard InChI is InChI=1S/C23H32N4O4/c1-4-11-31-20-8-7-16(24-21(28)15-27-9-12-30-13-10-27)14-18(20)22-25-19(6-3)17(5-2)23(29)26-22/h7-8,14H,4-6,9-13,15H2,1-3H3,(H,24,28)(H,25,26,29). The summed E-state index contributed by atoms with van der Waals surface area (Å²) in [6, 6.07) is 5.44. The van der Waals surface area contributed by atoms with Gasteiger partial charge in [-0.3, -0.25) is 14.5 Å². The fraction of sp³-hybridized carbons (Fsp3) is 0.522. The highest BCUT2D eigenvalue weighted by Crippen LogP contribution is 2.31. The maximum absolute atomic E-state index is 12.6. The fourth-order valence-corrected chi connectivity index (χ4v) is 3.62. The minimum Gasteiger partial charge on any atom is -0.493 e. The molecule has 0 aliphatic carbocycles. The molecule has 0 bridgehead atoms. The third-order valence-corrected chi connectivity index (χ3v) is 5.24. The number of nitrogens with one attached hydrogen (secondary N) is 2. The minimum atomic E-state index is -0.132. The molecule has 0 atom stereocenters. The molecule has 2 N–H and O–H groups in total. The molecule has 1 aliphatic heterocycles. The van der Waals surface area contributed by atoms with Gasteiger partial charge in [-0.05, 0) is 37.5 Å². The number of ether oxygens (including phenoxy) is 2. The Morgan fingerprint density at radius 2 is 2.00 bits per heavy atom. The predicted octanol–water partition coefficient (Wildman–Crippen LogP) is 2.62. The molecule has 0 unspecified atom stereocenters. The van der Waals surface area contributed by atoms with Crippen LogP contribution < -0.4 is 15.6 Å². The van der Waals surface area contributed by atoms with Gasteiger partial charge in [0.05, 0.1) is 37.6 Å². The summed E-state index contributed by atoms with van der Waals surface area (Å²) in [5.74, 6) is 0.990. The van der Waals surface area contributed by atoms with Gasteiger partial charge in [0.15, 0.2) is 0 Å². The largest absolute Gasteiger partial charge is 0.493 e. The first-order valence-electron chi connectivity index (χ1n) is 11.0. The average Bonchev–Trinajstić information content (AvgIpc) is 2.78. The molecule has 1 fully saturated rings. The molecule has 168 valence electrons. The molecule has 1 saturated heterocycles. The van der Waals surface area contributed by atoms with Crippen molar-refractivity contribution in [3.05, 3.63) is 39.8 Å². The number of benzene rings is 1. The number of nitrogens with zero attached hydrogens (tertiary/aromatic N) is 2. The number of aromatic amines is 1. The van der Waals surface area contributed by atoms with E-state index in [9.17, 15) is 9.59 Å². The number of H-pyrrole nitrogens is 1. The van der Waals surface area contributed by atoms with Crippen LogP contribution in [0.2, 0.25) is 0 Å². The first-order chi connectivity index (χ1) is 15.0. The van der Waals surface area contributed by atoms with Crippen LogP contribution in [0.15, 0.2) is 23.0 Å². The number of morpholine rings is 1. The maximum atomic E-state index is 12.6. The molecule has 2 heterocycles. The van der Waals surface area contributed by atoms with Gasteiger partial charge in [-0.15, -0.1) is 0 Å². The maximum Gasteiger partial charge on any atom is 0.254 e. The first-order valence-corrected chi connectivity index (χ1v) is 11.0. The fourth-order valence-electron chi connectivity index (χ4n) is 3.62. The van der Waals surface area contributed by atoms with Crippen LogP contribution in [0.1, 0.15) is 38.4 Å². The highest BCUT2D eigenvalue weighted by Gasteiger charge is 2.17. The molecule has 0 saturated carbocycles. The molecule has 31 heavy (non-hydrogen) atoms. The van der Waals surface area contributed by atoms with Crippen LogP contribution in [0.5, 0.6) is 5.75 Å². The lowest BCUT2D eigenvalue weighted by Crippen LogP contribution is -2.41. The molecule has 8 heteroatoms. The van der Waals surface area contributed by atoms with Gasteiger partial charge in [-0.25, -0.2) is 4.98 Å². The zero-order valence-electron chi connectivity index (χ0n) is 18.6. The number of hydrogen-bond acceptors (Lipinski definition) is 6. The Bertz CT molecular complexity index is 951. The van der Waals surface area contributed by atoms with Crippen molar-refractivity contribution >= 4 is 11.6 Å². The third-order valence-electron chi connectivity index (χ3n) is 5.24. The monoisotopic (exact) mass is 428 g/mol. The van der Waals surface area contributed by atoms with Gasteiger partial charge < -0.3 is 19.8 Å². The number of rotatable bonds is 9. The average molecular weight is 429 g/mol. The second-order valence-corrected chi connectivity index (χ2v) is 7.54.